The summed E-state index contributed by atoms with van der Waals surface area (Å²) in [6.07, 6.45) is 4.17. The summed E-state index contributed by atoms with van der Waals surface area (Å²) in [5.41, 5.74) is 7.72. The molecule has 0 saturated carbocycles. The molecule has 7 nitrogen and oxygen atoms in total. The van der Waals surface area contributed by atoms with Gasteiger partial charge in [-0.25, -0.2) is 0 Å². The normalized spacial score (nSPS) is 18.8. The highest BCUT2D eigenvalue weighted by atomic mass is 32.1. The Bertz CT molecular complexity index is 1050. The van der Waals surface area contributed by atoms with Crippen LogP contribution in [0.4, 0.5) is 5.00 Å². The fourth-order valence-corrected chi connectivity index (χ4v) is 6.26. The summed E-state index contributed by atoms with van der Waals surface area (Å²) < 4.78 is 5.51. The molecule has 2 heterocycles. The zero-order valence-electron chi connectivity index (χ0n) is 19.9. The van der Waals surface area contributed by atoms with Gasteiger partial charge in [0.05, 0.1) is 18.7 Å². The number of hydrogen-bond donors (Lipinski definition) is 2. The molecule has 2 aliphatic rings. The molecule has 0 radical (unpaired) electrons. The Balaban J connectivity index is 1.52. The van der Waals surface area contributed by atoms with Crippen LogP contribution in [0.5, 0.6) is 5.75 Å². The quantitative estimate of drug-likeness (QED) is 0.558. The SMILES string of the molecule is CCOc1ccc(C(=O)c2c(NC(=O)CN3CCC(C(N)=O)CC3)sc3c2CCC(C)C3)cc1. The van der Waals surface area contributed by atoms with Crippen LogP contribution in [-0.2, 0) is 22.4 Å². The summed E-state index contributed by atoms with van der Waals surface area (Å²) in [5.74, 6) is 0.727. The number of primary amides is 1. The third-order valence-electron chi connectivity index (χ3n) is 6.78. The summed E-state index contributed by atoms with van der Waals surface area (Å²) in [6, 6.07) is 7.20. The Morgan fingerprint density at radius 3 is 2.50 bits per heavy atom. The molecule has 4 rings (SSSR count). The lowest BCUT2D eigenvalue weighted by atomic mass is 9.86. The van der Waals surface area contributed by atoms with Gasteiger partial charge in [0.25, 0.3) is 0 Å². The summed E-state index contributed by atoms with van der Waals surface area (Å²) >= 11 is 1.54. The van der Waals surface area contributed by atoms with E-state index in [9.17, 15) is 14.4 Å². The average Bonchev–Trinajstić information content (AvgIpc) is 3.16. The van der Waals surface area contributed by atoms with E-state index in [1.165, 1.54) is 16.2 Å². The molecule has 0 spiro atoms. The lowest BCUT2D eigenvalue weighted by Gasteiger charge is -2.29. The second-order valence-electron chi connectivity index (χ2n) is 9.34. The summed E-state index contributed by atoms with van der Waals surface area (Å²) in [5, 5.41) is 3.70. The molecule has 1 aliphatic carbocycles. The molecule has 34 heavy (non-hydrogen) atoms. The van der Waals surface area contributed by atoms with Crippen molar-refractivity contribution >= 4 is 33.9 Å². The monoisotopic (exact) mass is 483 g/mol. The average molecular weight is 484 g/mol. The molecule has 8 heteroatoms. The number of carbonyl (C=O) groups is 3. The van der Waals surface area contributed by atoms with Crippen LogP contribution in [0.2, 0.25) is 0 Å². The van der Waals surface area contributed by atoms with E-state index < -0.39 is 0 Å². The number of rotatable bonds is 8. The van der Waals surface area contributed by atoms with Crippen molar-refractivity contribution < 1.29 is 19.1 Å². The zero-order valence-corrected chi connectivity index (χ0v) is 20.7. The van der Waals surface area contributed by atoms with Crippen molar-refractivity contribution in [3.63, 3.8) is 0 Å². The number of nitrogens with two attached hydrogens (primary N) is 1. The number of piperidine rings is 1. The standard InChI is InChI=1S/C26H33N3O4S/c1-3-33-19-7-5-17(6-8-19)24(31)23-20-9-4-16(2)14-21(20)34-26(23)28-22(30)15-29-12-10-18(11-13-29)25(27)32/h5-8,16,18H,3-4,9-15H2,1-2H3,(H2,27,32)(H,28,30). The molecule has 2 aromatic rings. The van der Waals surface area contributed by atoms with Crippen molar-refractivity contribution in [1.29, 1.82) is 0 Å². The van der Waals surface area contributed by atoms with E-state index in [-0.39, 0.29) is 30.1 Å². The molecule has 1 aromatic heterocycles. The van der Waals surface area contributed by atoms with Gasteiger partial charge in [-0.15, -0.1) is 11.3 Å². The fourth-order valence-electron chi connectivity index (χ4n) is 4.84. The highest BCUT2D eigenvalue weighted by molar-refractivity contribution is 7.17. The first-order valence-corrected chi connectivity index (χ1v) is 12.9. The number of carbonyl (C=O) groups excluding carboxylic acids is 3. The second kappa shape index (κ2) is 10.7. The van der Waals surface area contributed by atoms with E-state index in [2.05, 4.69) is 12.2 Å². The predicted molar refractivity (Wildman–Crippen MR) is 134 cm³/mol. The number of nitrogens with one attached hydrogen (secondary N) is 1. The molecule has 1 saturated heterocycles. The number of ketones is 1. The zero-order chi connectivity index (χ0) is 24.2. The van der Waals surface area contributed by atoms with Gasteiger partial charge < -0.3 is 15.8 Å². The number of fused-ring (bicyclic) bond motifs is 1. The number of likely N-dealkylation sites (tertiary alicyclic amines) is 1. The molecule has 2 amide bonds. The van der Waals surface area contributed by atoms with Gasteiger partial charge in [0.1, 0.15) is 10.8 Å². The van der Waals surface area contributed by atoms with Crippen LogP contribution in [0.25, 0.3) is 0 Å². The molecule has 182 valence electrons. The van der Waals surface area contributed by atoms with Crippen molar-refractivity contribution in [2.45, 2.75) is 46.0 Å². The van der Waals surface area contributed by atoms with Crippen molar-refractivity contribution in [3.05, 3.63) is 45.8 Å². The van der Waals surface area contributed by atoms with Gasteiger partial charge in [0.2, 0.25) is 11.8 Å². The molecule has 1 atom stereocenters. The number of thiophene rings is 1. The van der Waals surface area contributed by atoms with Crippen LogP contribution in [0.15, 0.2) is 24.3 Å². The highest BCUT2D eigenvalue weighted by Gasteiger charge is 2.30. The van der Waals surface area contributed by atoms with Crippen LogP contribution in [-0.4, -0.2) is 48.7 Å². The smallest absolute Gasteiger partial charge is 0.239 e. The Kier molecular flexibility index (Phi) is 7.68. The van der Waals surface area contributed by atoms with Crippen molar-refractivity contribution in [3.8, 4) is 5.75 Å². The van der Waals surface area contributed by atoms with Gasteiger partial charge in [-0.1, -0.05) is 6.92 Å². The van der Waals surface area contributed by atoms with Crippen LogP contribution in [0.1, 0.15) is 59.5 Å². The van der Waals surface area contributed by atoms with Crippen molar-refractivity contribution in [2.75, 3.05) is 31.6 Å². The lowest BCUT2D eigenvalue weighted by Crippen LogP contribution is -2.42. The number of anilines is 1. The Morgan fingerprint density at radius 2 is 1.85 bits per heavy atom. The van der Waals surface area contributed by atoms with Gasteiger partial charge in [0.15, 0.2) is 5.78 Å². The van der Waals surface area contributed by atoms with Crippen molar-refractivity contribution in [1.82, 2.24) is 4.90 Å². The number of ether oxygens (including phenoxy) is 1. The van der Waals surface area contributed by atoms with Gasteiger partial charge in [-0.05, 0) is 87.9 Å². The Labute approximate surface area is 204 Å². The molecule has 1 aliphatic heterocycles. The molecule has 3 N–H and O–H groups in total. The maximum atomic E-state index is 13.6. The molecular formula is C26H33N3O4S. The summed E-state index contributed by atoms with van der Waals surface area (Å²) in [7, 11) is 0. The number of benzene rings is 1. The summed E-state index contributed by atoms with van der Waals surface area (Å²) in [6.45, 7) is 6.28. The Morgan fingerprint density at radius 1 is 1.15 bits per heavy atom. The topological polar surface area (TPSA) is 102 Å². The summed E-state index contributed by atoms with van der Waals surface area (Å²) in [4.78, 5) is 41.2. The third-order valence-corrected chi connectivity index (χ3v) is 7.95. The number of hydrogen-bond acceptors (Lipinski definition) is 6. The minimum absolute atomic E-state index is 0.0623. The maximum Gasteiger partial charge on any atom is 0.239 e. The maximum absolute atomic E-state index is 13.6. The van der Waals surface area contributed by atoms with Gasteiger partial charge in [-0.2, -0.15) is 0 Å². The number of nitrogens with zero attached hydrogens (tertiary/aromatic N) is 1. The second-order valence-corrected chi connectivity index (χ2v) is 10.4. The van der Waals surface area contributed by atoms with E-state index in [1.54, 1.807) is 12.1 Å². The van der Waals surface area contributed by atoms with Crippen LogP contribution < -0.4 is 15.8 Å². The highest BCUT2D eigenvalue weighted by Crippen LogP contribution is 2.41. The fraction of sp³-hybridized carbons (Fsp3) is 0.500. The van der Waals surface area contributed by atoms with Crippen molar-refractivity contribution in [2.24, 2.45) is 17.6 Å². The largest absolute Gasteiger partial charge is 0.494 e. The predicted octanol–water partition coefficient (Wildman–Crippen LogP) is 3.64. The minimum atomic E-state index is -0.264. The van der Waals surface area contributed by atoms with Crippen LogP contribution in [0, 0.1) is 11.8 Å². The molecule has 1 fully saturated rings. The first-order chi connectivity index (χ1) is 16.4. The van der Waals surface area contributed by atoms with E-state index in [0.29, 0.717) is 54.6 Å². The van der Waals surface area contributed by atoms with Gasteiger partial charge in [0, 0.05) is 16.4 Å². The van der Waals surface area contributed by atoms with Gasteiger partial charge >= 0.3 is 0 Å². The van der Waals surface area contributed by atoms with E-state index in [1.807, 2.05) is 24.0 Å². The molecule has 0 bridgehead atoms. The third kappa shape index (κ3) is 5.50. The minimum Gasteiger partial charge on any atom is -0.494 e. The molecular weight excluding hydrogens is 450 g/mol. The van der Waals surface area contributed by atoms with E-state index >= 15 is 0 Å². The Hall–Kier alpha value is -2.71. The lowest BCUT2D eigenvalue weighted by molar-refractivity contribution is -0.123. The van der Waals surface area contributed by atoms with E-state index in [0.717, 1.165) is 30.6 Å². The van der Waals surface area contributed by atoms with Gasteiger partial charge in [-0.3, -0.25) is 19.3 Å². The van der Waals surface area contributed by atoms with Crippen LogP contribution in [0.3, 0.4) is 0 Å². The van der Waals surface area contributed by atoms with Crippen LogP contribution >= 0.6 is 11.3 Å². The van der Waals surface area contributed by atoms with E-state index in [4.69, 9.17) is 10.5 Å². The number of amides is 2. The molecule has 1 aromatic carbocycles. The first-order valence-electron chi connectivity index (χ1n) is 12.1. The first kappa shape index (κ1) is 24.4. The molecule has 1 unspecified atom stereocenters.